The molecule has 31 heavy (non-hydrogen) atoms. The number of carbonyl (C=O) groups excluding carboxylic acids is 1. The molecule has 3 fully saturated rings. The van der Waals surface area contributed by atoms with Crippen molar-refractivity contribution in [2.75, 3.05) is 33.3 Å². The Morgan fingerprint density at radius 3 is 2.77 bits per heavy atom. The molecular weight excluding hydrogens is 398 g/mol. The van der Waals surface area contributed by atoms with Gasteiger partial charge in [0.1, 0.15) is 11.8 Å². The van der Waals surface area contributed by atoms with Crippen LogP contribution in [0.25, 0.3) is 0 Å². The Morgan fingerprint density at radius 1 is 1.23 bits per heavy atom. The third kappa shape index (κ3) is 5.34. The summed E-state index contributed by atoms with van der Waals surface area (Å²) in [7, 11) is 1.65. The van der Waals surface area contributed by atoms with E-state index in [2.05, 4.69) is 27.2 Å². The highest BCUT2D eigenvalue weighted by molar-refractivity contribution is 5.82. The van der Waals surface area contributed by atoms with Gasteiger partial charge in [0.2, 0.25) is 5.91 Å². The van der Waals surface area contributed by atoms with E-state index in [1.165, 1.54) is 5.56 Å². The van der Waals surface area contributed by atoms with Crippen molar-refractivity contribution >= 4 is 11.9 Å². The number of piperidine rings is 1. The number of hydrazine groups is 1. The van der Waals surface area contributed by atoms with Gasteiger partial charge in [-0.2, -0.15) is 0 Å². The number of carbonyl (C=O) groups is 2. The fourth-order valence-electron chi connectivity index (χ4n) is 5.28. The maximum atomic E-state index is 13.0. The van der Waals surface area contributed by atoms with Crippen LogP contribution < -0.4 is 20.9 Å². The Hall–Kier alpha value is -2.23. The molecule has 0 bridgehead atoms. The molecule has 3 heterocycles. The molecule has 0 spiro atoms. The van der Waals surface area contributed by atoms with Gasteiger partial charge in [-0.15, -0.1) is 0 Å². The number of aromatic nitrogens is 1. The zero-order valence-corrected chi connectivity index (χ0v) is 18.0. The molecule has 1 aromatic heterocycles. The lowest BCUT2D eigenvalue weighted by molar-refractivity contribution is -0.138. The number of carboxylic acid groups (broad SMARTS) is 1. The number of nitrogens with one attached hydrogen (secondary N) is 3. The first-order valence-corrected chi connectivity index (χ1v) is 11.3. The van der Waals surface area contributed by atoms with Crippen LogP contribution in [0.4, 0.5) is 0 Å². The number of aliphatic carboxylic acids is 1. The number of nitrogens with zero attached hydrogens (tertiary/aromatic N) is 2. The summed E-state index contributed by atoms with van der Waals surface area (Å²) in [5.41, 5.74) is 7.74. The fourth-order valence-corrected chi connectivity index (χ4v) is 5.28. The third-order valence-electron chi connectivity index (χ3n) is 7.11. The average molecular weight is 432 g/mol. The normalized spacial score (nSPS) is 29.3. The van der Waals surface area contributed by atoms with Crippen LogP contribution in [0.3, 0.4) is 0 Å². The maximum absolute atomic E-state index is 13.0. The second-order valence-corrected chi connectivity index (χ2v) is 9.06. The summed E-state index contributed by atoms with van der Waals surface area (Å²) in [6.07, 6.45) is 8.48. The Balaban J connectivity index is 1.28. The molecule has 1 amide bonds. The molecule has 4 atom stereocenters. The summed E-state index contributed by atoms with van der Waals surface area (Å²) in [5, 5.41) is 12.1. The van der Waals surface area contributed by atoms with Crippen LogP contribution >= 0.6 is 0 Å². The Morgan fingerprint density at radius 2 is 2.03 bits per heavy atom. The molecule has 4 rings (SSSR count). The predicted octanol–water partition coefficient (Wildman–Crippen LogP) is 0.732. The summed E-state index contributed by atoms with van der Waals surface area (Å²) in [6, 6.07) is 2.13. The first-order valence-electron chi connectivity index (χ1n) is 11.3. The summed E-state index contributed by atoms with van der Waals surface area (Å²) in [6.45, 7) is 2.30. The molecule has 1 aliphatic carbocycles. The number of pyridine rings is 1. The molecule has 4 unspecified atom stereocenters. The van der Waals surface area contributed by atoms with Crippen molar-refractivity contribution in [3.63, 3.8) is 0 Å². The number of ether oxygens (including phenoxy) is 1. The number of rotatable bonds is 7. The first-order chi connectivity index (χ1) is 15.0. The van der Waals surface area contributed by atoms with Gasteiger partial charge in [-0.05, 0) is 68.7 Å². The molecule has 0 radical (unpaired) electrons. The monoisotopic (exact) mass is 431 g/mol. The van der Waals surface area contributed by atoms with E-state index in [0.717, 1.165) is 50.9 Å². The van der Waals surface area contributed by atoms with Gasteiger partial charge < -0.3 is 15.2 Å². The number of hydrogen-bond donors (Lipinski definition) is 4. The van der Waals surface area contributed by atoms with Crippen LogP contribution in [0.2, 0.25) is 0 Å². The van der Waals surface area contributed by atoms with E-state index in [1.807, 2.05) is 11.1 Å². The summed E-state index contributed by atoms with van der Waals surface area (Å²) < 4.78 is 5.32. The number of methoxy groups -OCH3 is 1. The average Bonchev–Trinajstić information content (AvgIpc) is 3.21. The van der Waals surface area contributed by atoms with Gasteiger partial charge in [0.15, 0.2) is 0 Å². The molecule has 2 saturated heterocycles. The van der Waals surface area contributed by atoms with E-state index in [0.29, 0.717) is 24.4 Å². The summed E-state index contributed by atoms with van der Waals surface area (Å²) in [5.74, 6) is 1.06. The van der Waals surface area contributed by atoms with E-state index in [-0.39, 0.29) is 24.4 Å². The highest BCUT2D eigenvalue weighted by atomic mass is 16.5. The second-order valence-electron chi connectivity index (χ2n) is 9.06. The molecule has 1 aromatic rings. The van der Waals surface area contributed by atoms with Gasteiger partial charge >= 0.3 is 5.97 Å². The third-order valence-corrected chi connectivity index (χ3v) is 7.11. The molecule has 9 nitrogen and oxygen atoms in total. The maximum Gasteiger partial charge on any atom is 0.317 e. The minimum Gasteiger partial charge on any atom is -0.495 e. The highest BCUT2D eigenvalue weighted by Gasteiger charge is 2.44. The van der Waals surface area contributed by atoms with Crippen LogP contribution in [0.15, 0.2) is 18.5 Å². The van der Waals surface area contributed by atoms with E-state index < -0.39 is 5.97 Å². The largest absolute Gasteiger partial charge is 0.495 e. The quantitative estimate of drug-likeness (QED) is 0.500. The fraction of sp³-hybridized carbons (Fsp3) is 0.682. The molecule has 2 aliphatic heterocycles. The van der Waals surface area contributed by atoms with Crippen molar-refractivity contribution in [2.45, 2.75) is 50.1 Å². The number of amides is 1. The highest BCUT2D eigenvalue weighted by Crippen LogP contribution is 2.40. The number of hydrogen-bond acceptors (Lipinski definition) is 7. The molecule has 1 saturated carbocycles. The van der Waals surface area contributed by atoms with Crippen LogP contribution in [0.1, 0.15) is 43.6 Å². The topological polar surface area (TPSA) is 116 Å². The zero-order chi connectivity index (χ0) is 21.8. The molecule has 0 aromatic carbocycles. The standard InChI is InChI=1S/C22H33N5O4/c1-31-17-8-16(11-23-12-17)15-2-3-19-18(9-15)21(26-25-19)22(30)24-10-14-4-6-27(7-5-14)13-20(28)29/h8,11-12,14-15,18-19,21,25-26H,2-7,9-10,13H2,1H3,(H,24,30)(H,28,29). The van der Waals surface area contributed by atoms with Gasteiger partial charge in [-0.25, -0.2) is 5.43 Å². The van der Waals surface area contributed by atoms with Gasteiger partial charge in [-0.3, -0.25) is 24.9 Å². The van der Waals surface area contributed by atoms with E-state index in [9.17, 15) is 9.59 Å². The van der Waals surface area contributed by atoms with E-state index in [1.54, 1.807) is 13.3 Å². The van der Waals surface area contributed by atoms with Crippen LogP contribution in [-0.4, -0.2) is 72.2 Å². The lowest BCUT2D eigenvalue weighted by Gasteiger charge is -2.33. The number of fused-ring (bicyclic) bond motifs is 1. The second kappa shape index (κ2) is 9.93. The molecule has 4 N–H and O–H groups in total. The van der Waals surface area contributed by atoms with E-state index >= 15 is 0 Å². The lowest BCUT2D eigenvalue weighted by atomic mass is 9.73. The van der Waals surface area contributed by atoms with Crippen LogP contribution in [-0.2, 0) is 9.59 Å². The van der Waals surface area contributed by atoms with E-state index in [4.69, 9.17) is 9.84 Å². The Bertz CT molecular complexity index is 783. The first kappa shape index (κ1) is 22.0. The van der Waals surface area contributed by atoms with Crippen LogP contribution in [0, 0.1) is 11.8 Å². The smallest absolute Gasteiger partial charge is 0.317 e. The van der Waals surface area contributed by atoms with Gasteiger partial charge in [0, 0.05) is 24.7 Å². The Labute approximate surface area is 182 Å². The minimum absolute atomic E-state index is 0.0531. The molecule has 9 heteroatoms. The summed E-state index contributed by atoms with van der Waals surface area (Å²) in [4.78, 5) is 30.1. The summed E-state index contributed by atoms with van der Waals surface area (Å²) >= 11 is 0. The van der Waals surface area contributed by atoms with Crippen molar-refractivity contribution in [2.24, 2.45) is 11.8 Å². The van der Waals surface area contributed by atoms with Crippen molar-refractivity contribution in [1.82, 2.24) is 26.1 Å². The SMILES string of the molecule is COc1cncc(C2CCC3NNC(C(=O)NCC4CCN(CC(=O)O)CC4)C3C2)c1. The van der Waals surface area contributed by atoms with Crippen molar-refractivity contribution in [1.29, 1.82) is 0 Å². The number of likely N-dealkylation sites (tertiary alicyclic amines) is 1. The number of carboxylic acids is 1. The van der Waals surface area contributed by atoms with Crippen molar-refractivity contribution in [3.8, 4) is 5.75 Å². The van der Waals surface area contributed by atoms with Gasteiger partial charge in [0.05, 0.1) is 19.9 Å². The minimum atomic E-state index is -0.781. The van der Waals surface area contributed by atoms with Crippen LogP contribution in [0.5, 0.6) is 5.75 Å². The predicted molar refractivity (Wildman–Crippen MR) is 115 cm³/mol. The van der Waals surface area contributed by atoms with Crippen molar-refractivity contribution < 1.29 is 19.4 Å². The van der Waals surface area contributed by atoms with Gasteiger partial charge in [0.25, 0.3) is 0 Å². The van der Waals surface area contributed by atoms with Gasteiger partial charge in [-0.1, -0.05) is 0 Å². The molecular formula is C22H33N5O4. The van der Waals surface area contributed by atoms with Crippen molar-refractivity contribution in [3.05, 3.63) is 24.0 Å². The molecule has 170 valence electrons. The lowest BCUT2D eigenvalue weighted by Crippen LogP contribution is -2.48. The molecule has 3 aliphatic rings. The zero-order valence-electron chi connectivity index (χ0n) is 18.0. The Kier molecular flexibility index (Phi) is 7.04.